The zero-order valence-electron chi connectivity index (χ0n) is 3.73. The first kappa shape index (κ1) is 4.46. The van der Waals surface area contributed by atoms with Crippen molar-refractivity contribution in [3.05, 3.63) is 19.7 Å². The summed E-state index contributed by atoms with van der Waals surface area (Å²) in [7, 11) is 0. The van der Waals surface area contributed by atoms with Crippen LogP contribution < -0.4 is 0 Å². The van der Waals surface area contributed by atoms with Crippen molar-refractivity contribution in [1.29, 1.82) is 0 Å². The molecule has 0 radical (unpaired) electrons. The van der Waals surface area contributed by atoms with Gasteiger partial charge in [-0.1, -0.05) is 0 Å². The van der Waals surface area contributed by atoms with E-state index in [0.717, 1.165) is 0 Å². The second-order valence-electron chi connectivity index (χ2n) is 1.39. The fourth-order valence-corrected chi connectivity index (χ4v) is 2.73. The molecule has 0 fully saturated rings. The second-order valence-corrected chi connectivity index (χ2v) is 4.11. The van der Waals surface area contributed by atoms with Crippen molar-refractivity contribution in [3.8, 4) is 0 Å². The molecule has 0 amide bonds. The first-order valence-electron chi connectivity index (χ1n) is 1.99. The summed E-state index contributed by atoms with van der Waals surface area (Å²) < 4.78 is 4.71. The topological polar surface area (TPSA) is 0 Å². The van der Waals surface area contributed by atoms with Crippen LogP contribution in [0.1, 0.15) is 6.92 Å². The van der Waals surface area contributed by atoms with Gasteiger partial charge in [-0.05, 0) is 0 Å². The third-order valence-corrected chi connectivity index (χ3v) is 3.55. The summed E-state index contributed by atoms with van der Waals surface area (Å²) in [6, 6.07) is 0. The molecular formula is C5H7Sb. The molecule has 0 nitrogen and oxygen atoms in total. The van der Waals surface area contributed by atoms with E-state index in [2.05, 4.69) is 21.0 Å². The molecular weight excluding hydrogens is 182 g/mol. The summed E-state index contributed by atoms with van der Waals surface area (Å²) >= 11 is -0.0689. The van der Waals surface area contributed by atoms with Crippen molar-refractivity contribution in [2.75, 3.05) is 0 Å². The molecule has 0 spiro atoms. The standard InChI is InChI=1S/C5H6.Sb.H/c1-4-5(2)3;;/h1-2,4H,3H3;;. The molecule has 0 N–H and O–H groups in total. The van der Waals surface area contributed by atoms with E-state index in [4.69, 9.17) is 0 Å². The van der Waals surface area contributed by atoms with Crippen molar-refractivity contribution in [2.45, 2.75) is 6.92 Å². The summed E-state index contributed by atoms with van der Waals surface area (Å²) in [5.74, 6) is 0. The Morgan fingerprint density at radius 1 is 1.67 bits per heavy atom. The van der Waals surface area contributed by atoms with Crippen LogP contribution in [-0.2, 0) is 0 Å². The Hall–Kier alpha value is 0.298. The molecule has 0 saturated carbocycles. The number of hydrogen-bond donors (Lipinski definition) is 0. The predicted molar refractivity (Wildman–Crippen MR) is 30.0 cm³/mol. The Morgan fingerprint density at radius 2 is 2.50 bits per heavy atom. The van der Waals surface area contributed by atoms with Gasteiger partial charge in [-0.15, -0.1) is 0 Å². The molecule has 1 aliphatic heterocycles. The SMILES string of the molecule is CC1=[CH][SbH][CH]=C1. The molecule has 0 aliphatic carbocycles. The number of hydrogen-bond acceptors (Lipinski definition) is 0. The molecule has 32 valence electrons. The van der Waals surface area contributed by atoms with Gasteiger partial charge in [-0.3, -0.25) is 0 Å². The van der Waals surface area contributed by atoms with E-state index < -0.39 is 0 Å². The molecule has 6 heavy (non-hydrogen) atoms. The first-order chi connectivity index (χ1) is 2.89. The average molecular weight is 189 g/mol. The van der Waals surface area contributed by atoms with E-state index in [1.807, 2.05) is 0 Å². The van der Waals surface area contributed by atoms with Crippen molar-refractivity contribution in [2.24, 2.45) is 0 Å². The van der Waals surface area contributed by atoms with E-state index in [0.29, 0.717) is 0 Å². The minimum absolute atomic E-state index is 0.0689. The fourth-order valence-electron chi connectivity index (χ4n) is 0.407. The Morgan fingerprint density at radius 3 is 2.67 bits per heavy atom. The number of allylic oxidation sites excluding steroid dienone is 2. The van der Waals surface area contributed by atoms with Crippen LogP contribution in [0.15, 0.2) is 19.7 Å². The van der Waals surface area contributed by atoms with E-state index in [1.54, 1.807) is 0 Å². The second kappa shape index (κ2) is 1.84. The summed E-state index contributed by atoms with van der Waals surface area (Å²) in [5, 5.41) is 0. The Kier molecular flexibility index (Phi) is 1.37. The zero-order valence-corrected chi connectivity index (χ0v) is 6.59. The maximum absolute atomic E-state index is 2.38. The Balaban J connectivity index is 2.68. The molecule has 0 aromatic heterocycles. The van der Waals surface area contributed by atoms with Crippen LogP contribution in [-0.4, -0.2) is 21.6 Å². The van der Waals surface area contributed by atoms with Crippen LogP contribution in [0.25, 0.3) is 0 Å². The van der Waals surface area contributed by atoms with Crippen molar-refractivity contribution >= 4 is 21.6 Å². The van der Waals surface area contributed by atoms with Gasteiger partial charge in [-0.25, -0.2) is 0 Å². The summed E-state index contributed by atoms with van der Waals surface area (Å²) in [6.07, 6.45) is 2.21. The van der Waals surface area contributed by atoms with E-state index >= 15 is 0 Å². The van der Waals surface area contributed by atoms with Gasteiger partial charge in [0.15, 0.2) is 0 Å². The fraction of sp³-hybridized carbons (Fsp3) is 0.200. The minimum atomic E-state index is -0.0689. The van der Waals surface area contributed by atoms with Crippen molar-refractivity contribution in [1.82, 2.24) is 0 Å². The molecule has 0 bridgehead atoms. The maximum atomic E-state index is 2.38. The molecule has 0 unspecified atom stereocenters. The molecule has 0 atom stereocenters. The van der Waals surface area contributed by atoms with Gasteiger partial charge < -0.3 is 0 Å². The van der Waals surface area contributed by atoms with Gasteiger partial charge in [0.25, 0.3) is 0 Å². The third kappa shape index (κ3) is 0.878. The van der Waals surface area contributed by atoms with E-state index in [9.17, 15) is 0 Å². The van der Waals surface area contributed by atoms with E-state index in [-0.39, 0.29) is 21.6 Å². The molecule has 1 heterocycles. The van der Waals surface area contributed by atoms with Gasteiger partial charge in [0.2, 0.25) is 0 Å². The Labute approximate surface area is 48.5 Å². The monoisotopic (exact) mass is 188 g/mol. The van der Waals surface area contributed by atoms with Gasteiger partial charge in [-0.2, -0.15) is 0 Å². The molecule has 0 aromatic rings. The van der Waals surface area contributed by atoms with Crippen LogP contribution in [0, 0.1) is 0 Å². The van der Waals surface area contributed by atoms with Gasteiger partial charge in [0.05, 0.1) is 0 Å². The van der Waals surface area contributed by atoms with Crippen molar-refractivity contribution in [3.63, 3.8) is 0 Å². The molecule has 1 rings (SSSR count). The van der Waals surface area contributed by atoms with Crippen LogP contribution in [0.4, 0.5) is 0 Å². The normalized spacial score (nSPS) is 18.5. The molecule has 0 aromatic carbocycles. The molecule has 1 aliphatic rings. The summed E-state index contributed by atoms with van der Waals surface area (Å²) in [5.41, 5.74) is 1.47. The van der Waals surface area contributed by atoms with Crippen LogP contribution in [0.3, 0.4) is 0 Å². The number of rotatable bonds is 0. The van der Waals surface area contributed by atoms with Crippen LogP contribution >= 0.6 is 0 Å². The van der Waals surface area contributed by atoms with Gasteiger partial charge >= 0.3 is 48.2 Å². The molecule has 0 saturated heterocycles. The molecule has 1 heteroatoms. The summed E-state index contributed by atoms with van der Waals surface area (Å²) in [6.45, 7) is 2.16. The Bertz CT molecular complexity index is 97.8. The quantitative estimate of drug-likeness (QED) is 0.495. The van der Waals surface area contributed by atoms with E-state index in [1.165, 1.54) is 5.57 Å². The van der Waals surface area contributed by atoms with Crippen LogP contribution in [0.5, 0.6) is 0 Å². The van der Waals surface area contributed by atoms with Gasteiger partial charge in [0.1, 0.15) is 0 Å². The first-order valence-corrected chi connectivity index (χ1v) is 5.28. The summed E-state index contributed by atoms with van der Waals surface area (Å²) in [4.78, 5) is 0. The third-order valence-electron chi connectivity index (χ3n) is 0.753. The van der Waals surface area contributed by atoms with Crippen LogP contribution in [0.2, 0.25) is 0 Å². The average Bonchev–Trinajstić information content (AvgIpc) is 1.86. The zero-order chi connectivity index (χ0) is 4.41. The van der Waals surface area contributed by atoms with Crippen molar-refractivity contribution < 1.29 is 0 Å². The predicted octanol–water partition coefficient (Wildman–Crippen LogP) is 0.854. The van der Waals surface area contributed by atoms with Gasteiger partial charge in [0, 0.05) is 0 Å².